The van der Waals surface area contributed by atoms with Gasteiger partial charge in [-0.05, 0) is 160 Å². The third-order valence-electron chi connectivity index (χ3n) is 13.6. The van der Waals surface area contributed by atoms with Gasteiger partial charge in [-0.3, -0.25) is 0 Å². The van der Waals surface area contributed by atoms with E-state index in [0.717, 1.165) is 75.6 Å². The first kappa shape index (κ1) is 64.0. The first-order valence-electron chi connectivity index (χ1n) is 28.6. The van der Waals surface area contributed by atoms with Crippen molar-refractivity contribution in [1.29, 1.82) is 0 Å². The molecule has 380 valence electrons. The van der Waals surface area contributed by atoms with Crippen molar-refractivity contribution in [3.63, 3.8) is 0 Å². The molecule has 0 radical (unpaired) electrons. The van der Waals surface area contributed by atoms with Gasteiger partial charge in [-0.15, -0.1) is 0 Å². The van der Waals surface area contributed by atoms with Crippen molar-refractivity contribution in [3.8, 4) is 0 Å². The Morgan fingerprint density at radius 3 is 0.833 bits per heavy atom. The second-order valence-electron chi connectivity index (χ2n) is 19.5. The zero-order valence-corrected chi connectivity index (χ0v) is 46.7. The molecule has 0 aromatic heterocycles. The van der Waals surface area contributed by atoms with Crippen LogP contribution >= 0.6 is 0 Å². The van der Waals surface area contributed by atoms with Crippen molar-refractivity contribution in [3.05, 3.63) is 99.3 Å². The molecular formula is C63H108N2Ni. The monoisotopic (exact) mass is 951 g/mol. The molecule has 2 aromatic rings. The van der Waals surface area contributed by atoms with E-state index >= 15 is 0 Å². The number of unbranched alkanes of at least 4 members (excludes halogenated alkanes) is 17. The maximum atomic E-state index is 12.8. The van der Waals surface area contributed by atoms with Crippen molar-refractivity contribution in [1.82, 2.24) is 0 Å². The quantitative estimate of drug-likeness (QED) is 0.0285. The van der Waals surface area contributed by atoms with E-state index in [1.165, 1.54) is 183 Å². The maximum absolute atomic E-state index is 12.8. The summed E-state index contributed by atoms with van der Waals surface area (Å²) >= 11 is 0. The smallest absolute Gasteiger partial charge is 0.493 e. The molecule has 1 aliphatic rings. The largest absolute Gasteiger partial charge is 2.00 e. The minimum absolute atomic E-state index is 0. The Morgan fingerprint density at radius 2 is 0.576 bits per heavy atom. The van der Waals surface area contributed by atoms with Crippen LogP contribution in [0.2, 0.25) is 0 Å². The number of hydrogen-bond acceptors (Lipinski definition) is 0. The van der Waals surface area contributed by atoms with Gasteiger partial charge in [0.2, 0.25) is 11.4 Å². The van der Waals surface area contributed by atoms with Crippen LogP contribution in [0.25, 0.3) is 16.9 Å². The van der Waals surface area contributed by atoms with Crippen molar-refractivity contribution >= 4 is 11.4 Å². The Kier molecular flexibility index (Phi) is 40.7. The predicted molar refractivity (Wildman–Crippen MR) is 294 cm³/mol. The summed E-state index contributed by atoms with van der Waals surface area (Å²) in [6.07, 6.45) is 42.4. The van der Waals surface area contributed by atoms with E-state index in [0.29, 0.717) is 0 Å². The maximum Gasteiger partial charge on any atom is 2.00 e. The van der Waals surface area contributed by atoms with Crippen LogP contribution in [-0.2, 0) is 55.0 Å². The van der Waals surface area contributed by atoms with Crippen LogP contribution in [0.15, 0.2) is 35.4 Å². The number of allylic oxidation sites excluding steroid dienone is 2. The normalized spacial score (nSPS) is 12.3. The van der Waals surface area contributed by atoms with Gasteiger partial charge in [0, 0.05) is 22.3 Å². The van der Waals surface area contributed by atoms with E-state index < -0.39 is 0 Å². The van der Waals surface area contributed by atoms with Crippen LogP contribution in [0.1, 0.15) is 300 Å². The Bertz CT molecular complexity index is 1520. The summed E-state index contributed by atoms with van der Waals surface area (Å²) < 4.78 is 1.71. The third kappa shape index (κ3) is 23.5. The van der Waals surface area contributed by atoms with Gasteiger partial charge in [-0.2, -0.15) is 12.8 Å². The van der Waals surface area contributed by atoms with Crippen molar-refractivity contribution < 1.29 is 21.2 Å². The van der Waals surface area contributed by atoms with E-state index in [4.69, 9.17) is 0 Å². The standard InChI is InChI=1S/C51H82N2.2C6H13.Ni/c1-9-17-25-33-46-40(28-20-12-4)36-44(37-41(46)29-21-13-5)50-48(32-24-16-8)49(35-27-19-11-3)51(53(50)52)45-38-42(30-22-14-6)47(34-26-18-10-2)43(39-45)31-23-15-7;2*1-3-5-6-4-2;/h36-39H,9-35H2,1-8H3;2*1,3-6H2,2H3;/q;2*-1;+2. The Morgan fingerprint density at radius 1 is 0.333 bits per heavy atom. The van der Waals surface area contributed by atoms with Gasteiger partial charge >= 0.3 is 16.5 Å². The fourth-order valence-corrected chi connectivity index (χ4v) is 9.52. The molecule has 0 amide bonds. The van der Waals surface area contributed by atoms with Gasteiger partial charge in [0.05, 0.1) is 0 Å². The number of benzene rings is 2. The van der Waals surface area contributed by atoms with Gasteiger partial charge < -0.3 is 19.4 Å². The summed E-state index contributed by atoms with van der Waals surface area (Å²) in [4.78, 5) is 0. The number of nitrogens with zero attached hydrogens (tertiary/aromatic N) is 2. The van der Waals surface area contributed by atoms with Gasteiger partial charge in [-0.25, -0.2) is 4.70 Å². The second kappa shape index (κ2) is 41.9. The minimum Gasteiger partial charge on any atom is -0.493 e. The van der Waals surface area contributed by atoms with Crippen LogP contribution in [0, 0.1) is 13.8 Å². The fraction of sp³-hybridized carbons (Fsp3) is 0.714. The van der Waals surface area contributed by atoms with Crippen LogP contribution in [0.5, 0.6) is 0 Å². The summed E-state index contributed by atoms with van der Waals surface area (Å²) in [5.41, 5.74) is 29.8. The number of hydrogen-bond donors (Lipinski definition) is 0. The molecule has 0 fully saturated rings. The van der Waals surface area contributed by atoms with Gasteiger partial charge in [0.25, 0.3) is 0 Å². The van der Waals surface area contributed by atoms with Crippen LogP contribution in [-0.4, -0.2) is 4.70 Å². The van der Waals surface area contributed by atoms with Crippen LogP contribution in [0.3, 0.4) is 0 Å². The average Bonchev–Trinajstić information content (AvgIpc) is 3.60. The molecule has 0 bridgehead atoms. The summed E-state index contributed by atoms with van der Waals surface area (Å²) in [6.45, 7) is 30.4. The first-order valence-corrected chi connectivity index (χ1v) is 28.6. The molecule has 0 saturated heterocycles. The fourth-order valence-electron chi connectivity index (χ4n) is 9.52. The van der Waals surface area contributed by atoms with Gasteiger partial charge in [0.1, 0.15) is 0 Å². The van der Waals surface area contributed by atoms with E-state index in [9.17, 15) is 5.53 Å². The molecule has 3 heteroatoms. The SMILES string of the molecule is CCCCCC1=C(c2cc(CCCC)c(CCCCC)c(CCCC)c2)[N+](=[N-])C(c2cc(CCCC)c(CCCCC)c(CCCC)c2)=C1CCCC.[CH2-]CCCCC.[CH2-]CCCCC.[Ni+2]. The van der Waals surface area contributed by atoms with Crippen LogP contribution in [0.4, 0.5) is 0 Å². The molecule has 1 aliphatic heterocycles. The molecule has 0 unspecified atom stereocenters. The molecule has 0 atom stereocenters. The molecular weight excluding hydrogens is 843 g/mol. The summed E-state index contributed by atoms with van der Waals surface area (Å²) in [5, 5.41) is 0. The van der Waals surface area contributed by atoms with E-state index in [1.807, 2.05) is 0 Å². The molecule has 1 heterocycles. The molecule has 0 saturated carbocycles. The van der Waals surface area contributed by atoms with Crippen molar-refractivity contribution in [2.24, 2.45) is 0 Å². The molecule has 3 rings (SSSR count). The Hall–Kier alpha value is -1.99. The van der Waals surface area contributed by atoms with Crippen LogP contribution < -0.4 is 0 Å². The first-order chi connectivity index (χ1) is 31.8. The molecule has 0 spiro atoms. The number of rotatable bonds is 35. The van der Waals surface area contributed by atoms with Crippen molar-refractivity contribution in [2.45, 2.75) is 294 Å². The third-order valence-corrected chi connectivity index (χ3v) is 13.6. The van der Waals surface area contributed by atoms with E-state index in [2.05, 4.69) is 107 Å². The zero-order chi connectivity index (χ0) is 48.1. The molecule has 0 N–H and O–H groups in total. The topological polar surface area (TPSA) is 25.3 Å². The van der Waals surface area contributed by atoms with Crippen molar-refractivity contribution in [2.75, 3.05) is 0 Å². The Balaban J connectivity index is 0.00000286. The Labute approximate surface area is 423 Å². The summed E-state index contributed by atoms with van der Waals surface area (Å²) in [5.74, 6) is 0. The zero-order valence-electron chi connectivity index (χ0n) is 45.7. The van der Waals surface area contributed by atoms with E-state index in [-0.39, 0.29) is 16.5 Å². The molecule has 2 aromatic carbocycles. The van der Waals surface area contributed by atoms with E-state index in [1.54, 1.807) is 38.1 Å². The molecule has 2 nitrogen and oxygen atoms in total. The summed E-state index contributed by atoms with van der Waals surface area (Å²) in [6, 6.07) is 10.1. The summed E-state index contributed by atoms with van der Waals surface area (Å²) in [7, 11) is 0. The number of aryl methyl sites for hydroxylation is 4. The molecule has 66 heavy (non-hydrogen) atoms. The minimum atomic E-state index is 0. The van der Waals surface area contributed by atoms with Gasteiger partial charge in [0.15, 0.2) is 0 Å². The molecule has 0 aliphatic carbocycles. The predicted octanol–water partition coefficient (Wildman–Crippen LogP) is 21.3. The van der Waals surface area contributed by atoms with Gasteiger partial charge in [-0.1, -0.05) is 178 Å². The average molecular weight is 952 g/mol. The second-order valence-corrected chi connectivity index (χ2v) is 19.5.